The molecule has 1 saturated carbocycles. The van der Waals surface area contributed by atoms with Crippen LogP contribution in [0, 0.1) is 11.8 Å². The number of carbonyl (C=O) groups is 1. The van der Waals surface area contributed by atoms with Crippen LogP contribution in [0.3, 0.4) is 0 Å². The molecule has 6 rings (SSSR count). The van der Waals surface area contributed by atoms with Crippen molar-refractivity contribution in [3.05, 3.63) is 44.8 Å². The summed E-state index contributed by atoms with van der Waals surface area (Å²) in [4.78, 5) is 15.7. The standard InChI is InChI=1S/C25H34NO3S2/c27-24(25(28,20-6-1-2-7-20)23-10-5-17-31-23)29-22-18-26(14-11-19(22)12-15-26)13-3-8-21-9-4-16-30-21/h4-5,9-10,16-17,19-20,22,28H,1-3,6-8,11-15,18H2/q+1/t19?,22-,25-,26?/m1/s1. The molecule has 4 nitrogen and oxygen atoms in total. The number of hydrogen-bond donors (Lipinski definition) is 1. The molecule has 0 unspecified atom stereocenters. The zero-order valence-corrected chi connectivity index (χ0v) is 19.8. The van der Waals surface area contributed by atoms with E-state index in [1.165, 1.54) is 35.7 Å². The van der Waals surface area contributed by atoms with E-state index in [4.69, 9.17) is 4.74 Å². The quantitative estimate of drug-likeness (QED) is 0.447. The summed E-state index contributed by atoms with van der Waals surface area (Å²) in [6, 6.07) is 8.19. The van der Waals surface area contributed by atoms with Crippen LogP contribution in [0.15, 0.2) is 35.0 Å². The Labute approximate surface area is 193 Å². The Balaban J connectivity index is 1.27. The van der Waals surface area contributed by atoms with Crippen molar-refractivity contribution < 1.29 is 19.1 Å². The van der Waals surface area contributed by atoms with Gasteiger partial charge in [0, 0.05) is 40.9 Å². The largest absolute Gasteiger partial charge is 0.454 e. The first-order chi connectivity index (χ1) is 15.1. The Morgan fingerprint density at radius 3 is 2.52 bits per heavy atom. The number of aliphatic hydroxyl groups is 1. The summed E-state index contributed by atoms with van der Waals surface area (Å²) in [6.45, 7) is 4.50. The summed E-state index contributed by atoms with van der Waals surface area (Å²) < 4.78 is 7.29. The van der Waals surface area contributed by atoms with E-state index < -0.39 is 11.6 Å². The van der Waals surface area contributed by atoms with Gasteiger partial charge in [0.1, 0.15) is 6.54 Å². The van der Waals surface area contributed by atoms with Crippen LogP contribution in [0.2, 0.25) is 0 Å². The van der Waals surface area contributed by atoms with E-state index in [2.05, 4.69) is 17.5 Å². The van der Waals surface area contributed by atoms with Crippen molar-refractivity contribution in [3.63, 3.8) is 0 Å². The summed E-state index contributed by atoms with van der Waals surface area (Å²) >= 11 is 3.32. The van der Waals surface area contributed by atoms with Gasteiger partial charge in [-0.15, -0.1) is 22.7 Å². The van der Waals surface area contributed by atoms with Gasteiger partial charge in [0.15, 0.2) is 11.7 Å². The van der Waals surface area contributed by atoms with Crippen LogP contribution in [-0.2, 0) is 21.6 Å². The summed E-state index contributed by atoms with van der Waals surface area (Å²) in [5.41, 5.74) is -1.47. The van der Waals surface area contributed by atoms with Gasteiger partial charge in [-0.25, -0.2) is 4.79 Å². The van der Waals surface area contributed by atoms with E-state index >= 15 is 0 Å². The second-order valence-corrected chi connectivity index (χ2v) is 11.9. The van der Waals surface area contributed by atoms with Crippen molar-refractivity contribution in [2.45, 2.75) is 63.1 Å². The van der Waals surface area contributed by atoms with Crippen molar-refractivity contribution in [2.24, 2.45) is 11.8 Å². The molecule has 31 heavy (non-hydrogen) atoms. The molecule has 6 heteroatoms. The molecular formula is C25H34NO3S2+. The summed E-state index contributed by atoms with van der Waals surface area (Å²) in [7, 11) is 0. The molecule has 0 amide bonds. The van der Waals surface area contributed by atoms with Crippen molar-refractivity contribution in [1.29, 1.82) is 0 Å². The third-order valence-electron chi connectivity index (χ3n) is 8.09. The van der Waals surface area contributed by atoms with Crippen LogP contribution < -0.4 is 0 Å². The number of thiophene rings is 2. The topological polar surface area (TPSA) is 46.5 Å². The molecule has 2 aromatic rings. The Morgan fingerprint density at radius 2 is 1.84 bits per heavy atom. The van der Waals surface area contributed by atoms with Gasteiger partial charge in [0.05, 0.1) is 19.6 Å². The zero-order valence-electron chi connectivity index (χ0n) is 18.2. The number of rotatable bonds is 8. The Bertz CT molecular complexity index is 851. The van der Waals surface area contributed by atoms with E-state index in [9.17, 15) is 9.90 Å². The van der Waals surface area contributed by atoms with Crippen LogP contribution in [-0.4, -0.2) is 47.8 Å². The van der Waals surface area contributed by atoms with Gasteiger partial charge in [-0.2, -0.15) is 0 Å². The van der Waals surface area contributed by atoms with Gasteiger partial charge in [0.25, 0.3) is 0 Å². The number of quaternary nitrogens is 1. The maximum atomic E-state index is 13.5. The number of piperidine rings is 3. The van der Waals surface area contributed by atoms with Crippen LogP contribution in [0.1, 0.15) is 54.7 Å². The van der Waals surface area contributed by atoms with Gasteiger partial charge in [0.2, 0.25) is 0 Å². The minimum atomic E-state index is -1.47. The third-order valence-corrected chi connectivity index (χ3v) is 10.0. The van der Waals surface area contributed by atoms with Gasteiger partial charge in [-0.3, -0.25) is 0 Å². The molecule has 2 bridgehead atoms. The van der Waals surface area contributed by atoms with Crippen molar-refractivity contribution in [2.75, 3.05) is 26.2 Å². The molecule has 3 aliphatic heterocycles. The molecule has 168 valence electrons. The van der Waals surface area contributed by atoms with Crippen LogP contribution >= 0.6 is 22.7 Å². The van der Waals surface area contributed by atoms with E-state index in [0.717, 1.165) is 67.4 Å². The van der Waals surface area contributed by atoms with E-state index in [-0.39, 0.29) is 12.0 Å². The lowest BCUT2D eigenvalue weighted by atomic mass is 9.82. The predicted octanol–water partition coefficient (Wildman–Crippen LogP) is 4.97. The van der Waals surface area contributed by atoms with E-state index in [1.807, 2.05) is 28.8 Å². The molecule has 1 N–H and O–H groups in total. The molecule has 4 fully saturated rings. The second kappa shape index (κ2) is 8.97. The molecule has 5 heterocycles. The smallest absolute Gasteiger partial charge is 0.344 e. The number of hydrogen-bond acceptors (Lipinski definition) is 5. The minimum Gasteiger partial charge on any atom is -0.454 e. The summed E-state index contributed by atoms with van der Waals surface area (Å²) in [5, 5.41) is 15.8. The van der Waals surface area contributed by atoms with E-state index in [1.54, 1.807) is 0 Å². The number of nitrogens with zero attached hydrogens (tertiary/aromatic N) is 1. The fourth-order valence-electron chi connectivity index (χ4n) is 6.25. The fourth-order valence-corrected chi connectivity index (χ4v) is 7.89. The number of aryl methyl sites for hydroxylation is 1. The number of ether oxygens (including phenoxy) is 1. The van der Waals surface area contributed by atoms with Gasteiger partial charge in [-0.1, -0.05) is 25.0 Å². The lowest BCUT2D eigenvalue weighted by Crippen LogP contribution is -2.65. The van der Waals surface area contributed by atoms with Gasteiger partial charge >= 0.3 is 5.97 Å². The fraction of sp³-hybridized carbons (Fsp3) is 0.640. The first kappa shape index (κ1) is 21.6. The van der Waals surface area contributed by atoms with E-state index in [0.29, 0.717) is 5.92 Å². The first-order valence-electron chi connectivity index (χ1n) is 11.9. The average molecular weight is 461 g/mol. The Morgan fingerprint density at radius 1 is 1.10 bits per heavy atom. The number of carbonyl (C=O) groups excluding carboxylic acids is 1. The highest BCUT2D eigenvalue weighted by Gasteiger charge is 2.53. The lowest BCUT2D eigenvalue weighted by molar-refractivity contribution is -0.946. The predicted molar refractivity (Wildman–Crippen MR) is 125 cm³/mol. The maximum absolute atomic E-state index is 13.5. The van der Waals surface area contributed by atoms with Crippen LogP contribution in [0.25, 0.3) is 0 Å². The number of fused-ring (bicyclic) bond motifs is 3. The highest BCUT2D eigenvalue weighted by molar-refractivity contribution is 7.10. The highest BCUT2D eigenvalue weighted by Crippen LogP contribution is 2.44. The molecule has 3 saturated heterocycles. The number of esters is 1. The first-order valence-corrected chi connectivity index (χ1v) is 13.7. The summed E-state index contributed by atoms with van der Waals surface area (Å²) in [5.74, 6) is 0.0448. The zero-order chi connectivity index (χ0) is 21.3. The monoisotopic (exact) mass is 460 g/mol. The average Bonchev–Trinajstić information content (AvgIpc) is 3.58. The summed E-state index contributed by atoms with van der Waals surface area (Å²) in [6.07, 6.45) is 8.53. The lowest BCUT2D eigenvalue weighted by Gasteiger charge is -2.52. The van der Waals surface area contributed by atoms with Crippen molar-refractivity contribution in [1.82, 2.24) is 0 Å². The highest BCUT2D eigenvalue weighted by atomic mass is 32.1. The molecule has 4 aliphatic rings. The maximum Gasteiger partial charge on any atom is 0.344 e. The van der Waals surface area contributed by atoms with Crippen molar-refractivity contribution in [3.8, 4) is 0 Å². The van der Waals surface area contributed by atoms with Gasteiger partial charge < -0.3 is 14.3 Å². The normalized spacial score (nSPS) is 30.4. The molecular weight excluding hydrogens is 426 g/mol. The molecule has 1 aliphatic carbocycles. The van der Waals surface area contributed by atoms with Crippen LogP contribution in [0.5, 0.6) is 0 Å². The molecule has 0 aromatic carbocycles. The minimum absolute atomic E-state index is 0.0197. The Kier molecular flexibility index (Phi) is 6.26. The molecule has 0 radical (unpaired) electrons. The van der Waals surface area contributed by atoms with Crippen molar-refractivity contribution >= 4 is 28.6 Å². The second-order valence-electron chi connectivity index (χ2n) is 9.88. The van der Waals surface area contributed by atoms with Gasteiger partial charge in [-0.05, 0) is 42.2 Å². The molecule has 2 aromatic heterocycles. The molecule has 0 spiro atoms. The Hall–Kier alpha value is -1.21. The molecule has 2 atom stereocenters. The third kappa shape index (κ3) is 4.24. The SMILES string of the molecule is O=C(O[C@@H]1C[N+]2(CCCc3cccs3)CCC1CC2)[C@](O)(c1cccs1)C1CCCC1. The van der Waals surface area contributed by atoms with Crippen LogP contribution in [0.4, 0.5) is 0 Å².